The number of hydrogen-bond donors (Lipinski definition) is 0. The fourth-order valence-electron chi connectivity index (χ4n) is 1.94. The maximum atomic E-state index is 12.4. The quantitative estimate of drug-likeness (QED) is 0.448. The number of carbonyl (C=O) groups excluding carboxylic acids is 1. The van der Waals surface area contributed by atoms with Gasteiger partial charge in [0.25, 0.3) is 0 Å². The SMILES string of the molecule is O=C(Cc1nc2ccccc2s1)c1cc(Cl)ccc1I. The van der Waals surface area contributed by atoms with Crippen molar-refractivity contribution in [1.82, 2.24) is 4.98 Å². The molecule has 0 N–H and O–H groups in total. The lowest BCUT2D eigenvalue weighted by Crippen LogP contribution is -2.05. The molecule has 0 bridgehead atoms. The Labute approximate surface area is 138 Å². The lowest BCUT2D eigenvalue weighted by molar-refractivity contribution is 0.0992. The Morgan fingerprint density at radius 3 is 2.85 bits per heavy atom. The van der Waals surface area contributed by atoms with E-state index in [0.29, 0.717) is 17.0 Å². The van der Waals surface area contributed by atoms with Crippen LogP contribution in [0.1, 0.15) is 15.4 Å². The molecule has 0 aliphatic rings. The standard InChI is InChI=1S/C15H9ClINOS/c16-9-5-6-11(17)10(7-9)13(19)8-15-18-12-3-1-2-4-14(12)20-15/h1-7H,8H2. The van der Waals surface area contributed by atoms with Crippen LogP contribution in [0.5, 0.6) is 0 Å². The molecule has 0 radical (unpaired) electrons. The molecule has 5 heteroatoms. The highest BCUT2D eigenvalue weighted by atomic mass is 127. The second-order valence-corrected chi connectivity index (χ2v) is 7.01. The molecule has 0 aliphatic heterocycles. The van der Waals surface area contributed by atoms with E-state index < -0.39 is 0 Å². The molecular weight excluding hydrogens is 405 g/mol. The van der Waals surface area contributed by atoms with E-state index in [0.717, 1.165) is 18.8 Å². The normalized spacial score (nSPS) is 10.9. The van der Waals surface area contributed by atoms with Crippen LogP contribution in [0.15, 0.2) is 42.5 Å². The highest BCUT2D eigenvalue weighted by Gasteiger charge is 2.14. The first-order valence-corrected chi connectivity index (χ1v) is 8.23. The number of Topliss-reactive ketones (excluding diaryl/α,β-unsaturated/α-hetero) is 1. The molecule has 0 saturated carbocycles. The van der Waals surface area contributed by atoms with E-state index in [1.807, 2.05) is 30.3 Å². The van der Waals surface area contributed by atoms with Crippen molar-refractivity contribution in [3.05, 3.63) is 61.6 Å². The number of fused-ring (bicyclic) bond motifs is 1. The number of ketones is 1. The molecule has 2 nitrogen and oxygen atoms in total. The van der Waals surface area contributed by atoms with E-state index >= 15 is 0 Å². The van der Waals surface area contributed by atoms with Gasteiger partial charge in [0.05, 0.1) is 16.6 Å². The monoisotopic (exact) mass is 413 g/mol. The molecule has 0 aliphatic carbocycles. The molecule has 100 valence electrons. The van der Waals surface area contributed by atoms with E-state index in [1.54, 1.807) is 23.5 Å². The van der Waals surface area contributed by atoms with E-state index in [4.69, 9.17) is 11.6 Å². The molecule has 2 aromatic carbocycles. The molecule has 20 heavy (non-hydrogen) atoms. The van der Waals surface area contributed by atoms with Crippen LogP contribution >= 0.6 is 45.5 Å². The molecule has 3 aromatic rings. The smallest absolute Gasteiger partial charge is 0.170 e. The summed E-state index contributed by atoms with van der Waals surface area (Å²) >= 11 is 9.68. The second kappa shape index (κ2) is 5.79. The minimum atomic E-state index is 0.0518. The number of para-hydroxylation sites is 1. The Bertz CT molecular complexity index is 766. The first-order chi connectivity index (χ1) is 9.63. The summed E-state index contributed by atoms with van der Waals surface area (Å²) in [6, 6.07) is 13.3. The van der Waals surface area contributed by atoms with Crippen LogP contribution in [-0.4, -0.2) is 10.8 Å². The molecule has 0 fully saturated rings. The van der Waals surface area contributed by atoms with Crippen LogP contribution < -0.4 is 0 Å². The number of aromatic nitrogens is 1. The van der Waals surface area contributed by atoms with Crippen LogP contribution in [-0.2, 0) is 6.42 Å². The summed E-state index contributed by atoms with van der Waals surface area (Å²) in [7, 11) is 0. The van der Waals surface area contributed by atoms with Gasteiger partial charge in [-0.25, -0.2) is 4.98 Å². The van der Waals surface area contributed by atoms with Crippen molar-refractivity contribution in [3.8, 4) is 0 Å². The van der Waals surface area contributed by atoms with Crippen LogP contribution in [0.4, 0.5) is 0 Å². The summed E-state index contributed by atoms with van der Waals surface area (Å²) in [5.41, 5.74) is 1.61. The molecule has 0 spiro atoms. The van der Waals surface area contributed by atoms with Crippen molar-refractivity contribution in [2.75, 3.05) is 0 Å². The fourth-order valence-corrected chi connectivity index (χ4v) is 3.71. The highest BCUT2D eigenvalue weighted by molar-refractivity contribution is 14.1. The Kier molecular flexibility index (Phi) is 4.05. The number of benzene rings is 2. The zero-order valence-electron chi connectivity index (χ0n) is 10.3. The van der Waals surface area contributed by atoms with Crippen molar-refractivity contribution in [1.29, 1.82) is 0 Å². The number of rotatable bonds is 3. The number of carbonyl (C=O) groups is 1. The third kappa shape index (κ3) is 2.87. The molecule has 0 amide bonds. The number of thiazole rings is 1. The summed E-state index contributed by atoms with van der Waals surface area (Å²) in [4.78, 5) is 16.9. The molecule has 1 heterocycles. The maximum Gasteiger partial charge on any atom is 0.170 e. The largest absolute Gasteiger partial charge is 0.294 e. The van der Waals surface area contributed by atoms with Crippen molar-refractivity contribution in [3.63, 3.8) is 0 Å². The first-order valence-electron chi connectivity index (χ1n) is 5.96. The third-order valence-electron chi connectivity index (χ3n) is 2.88. The van der Waals surface area contributed by atoms with Crippen molar-refractivity contribution < 1.29 is 4.79 Å². The summed E-state index contributed by atoms with van der Waals surface area (Å²) in [5, 5.41) is 1.42. The van der Waals surface area contributed by atoms with E-state index in [-0.39, 0.29) is 5.78 Å². The minimum Gasteiger partial charge on any atom is -0.294 e. The molecule has 3 rings (SSSR count). The van der Waals surface area contributed by atoms with Crippen LogP contribution in [0.25, 0.3) is 10.2 Å². The third-order valence-corrected chi connectivity index (χ3v) is 5.09. The predicted molar refractivity (Wildman–Crippen MR) is 91.8 cm³/mol. The van der Waals surface area contributed by atoms with Crippen LogP contribution in [0.2, 0.25) is 5.02 Å². The van der Waals surface area contributed by atoms with Crippen molar-refractivity contribution >= 4 is 61.5 Å². The fraction of sp³-hybridized carbons (Fsp3) is 0.0667. The zero-order valence-corrected chi connectivity index (χ0v) is 14.0. The summed E-state index contributed by atoms with van der Waals surface area (Å²) in [5.74, 6) is 0.0518. The van der Waals surface area contributed by atoms with E-state index in [2.05, 4.69) is 27.6 Å². The predicted octanol–water partition coefficient (Wildman–Crippen LogP) is 4.98. The second-order valence-electron chi connectivity index (χ2n) is 4.30. The van der Waals surface area contributed by atoms with E-state index in [9.17, 15) is 4.79 Å². The van der Waals surface area contributed by atoms with Gasteiger partial charge in [-0.05, 0) is 52.9 Å². The van der Waals surface area contributed by atoms with Gasteiger partial charge in [-0.15, -0.1) is 11.3 Å². The summed E-state index contributed by atoms with van der Waals surface area (Å²) < 4.78 is 2.02. The lowest BCUT2D eigenvalue weighted by Gasteiger charge is -2.02. The summed E-state index contributed by atoms with van der Waals surface area (Å²) in [6.07, 6.45) is 0.315. The van der Waals surface area contributed by atoms with Gasteiger partial charge in [-0.1, -0.05) is 23.7 Å². The van der Waals surface area contributed by atoms with Gasteiger partial charge in [-0.3, -0.25) is 4.79 Å². The minimum absolute atomic E-state index is 0.0518. The van der Waals surface area contributed by atoms with Crippen molar-refractivity contribution in [2.45, 2.75) is 6.42 Å². The Morgan fingerprint density at radius 1 is 1.25 bits per heavy atom. The molecular formula is C15H9ClINOS. The average molecular weight is 414 g/mol. The van der Waals surface area contributed by atoms with Gasteiger partial charge in [0, 0.05) is 14.2 Å². The van der Waals surface area contributed by atoms with Gasteiger partial charge < -0.3 is 0 Å². The topological polar surface area (TPSA) is 30.0 Å². The molecule has 1 aromatic heterocycles. The Morgan fingerprint density at radius 2 is 2.05 bits per heavy atom. The van der Waals surface area contributed by atoms with Crippen molar-refractivity contribution in [2.24, 2.45) is 0 Å². The van der Waals surface area contributed by atoms with Gasteiger partial charge in [0.15, 0.2) is 5.78 Å². The average Bonchev–Trinajstić information content (AvgIpc) is 2.83. The first kappa shape index (κ1) is 14.0. The number of nitrogens with zero attached hydrogens (tertiary/aromatic N) is 1. The van der Waals surface area contributed by atoms with Gasteiger partial charge >= 0.3 is 0 Å². The lowest BCUT2D eigenvalue weighted by atomic mass is 10.1. The van der Waals surface area contributed by atoms with Gasteiger partial charge in [-0.2, -0.15) is 0 Å². The highest BCUT2D eigenvalue weighted by Crippen LogP contribution is 2.24. The summed E-state index contributed by atoms with van der Waals surface area (Å²) in [6.45, 7) is 0. The van der Waals surface area contributed by atoms with Crippen LogP contribution in [0.3, 0.4) is 0 Å². The Balaban J connectivity index is 1.90. The molecule has 0 atom stereocenters. The molecule has 0 unspecified atom stereocenters. The van der Waals surface area contributed by atoms with Crippen LogP contribution in [0, 0.1) is 3.57 Å². The van der Waals surface area contributed by atoms with E-state index in [1.165, 1.54) is 0 Å². The van der Waals surface area contributed by atoms with Gasteiger partial charge in [0.2, 0.25) is 0 Å². The Hall–Kier alpha value is -0.980. The zero-order chi connectivity index (χ0) is 14.1. The molecule has 0 saturated heterocycles. The number of hydrogen-bond acceptors (Lipinski definition) is 3. The number of halogens is 2. The maximum absolute atomic E-state index is 12.4. The van der Waals surface area contributed by atoms with Gasteiger partial charge in [0.1, 0.15) is 5.01 Å².